The molecular formula is C9H15N3OS. The molecule has 0 saturated carbocycles. The highest BCUT2D eigenvalue weighted by molar-refractivity contribution is 7.09. The van der Waals surface area contributed by atoms with Crippen molar-refractivity contribution in [2.45, 2.75) is 26.3 Å². The lowest BCUT2D eigenvalue weighted by molar-refractivity contribution is -0.121. The van der Waals surface area contributed by atoms with Gasteiger partial charge in [0.2, 0.25) is 5.91 Å². The van der Waals surface area contributed by atoms with E-state index in [1.54, 1.807) is 11.3 Å². The van der Waals surface area contributed by atoms with Gasteiger partial charge in [0, 0.05) is 11.1 Å². The second-order valence-corrected chi connectivity index (χ2v) is 4.53. The van der Waals surface area contributed by atoms with Crippen LogP contribution >= 0.6 is 11.3 Å². The van der Waals surface area contributed by atoms with Gasteiger partial charge in [-0.25, -0.2) is 4.98 Å². The standard InChI is InChI=1S/C9H15N3OS/c1-6-5-14-8(11-6)9(2,3)12-7(13)4-10/h5H,4,10H2,1-3H3,(H,12,13). The Balaban J connectivity index is 2.79. The second kappa shape index (κ2) is 4.06. The lowest BCUT2D eigenvalue weighted by Gasteiger charge is -2.23. The summed E-state index contributed by atoms with van der Waals surface area (Å²) in [6, 6.07) is 0. The summed E-state index contributed by atoms with van der Waals surface area (Å²) in [6.07, 6.45) is 0. The number of carbonyl (C=O) groups is 1. The Kier molecular flexibility index (Phi) is 3.23. The Morgan fingerprint density at radius 2 is 2.36 bits per heavy atom. The normalized spacial score (nSPS) is 11.4. The molecular weight excluding hydrogens is 198 g/mol. The number of carbonyl (C=O) groups excluding carboxylic acids is 1. The number of nitrogens with zero attached hydrogens (tertiary/aromatic N) is 1. The monoisotopic (exact) mass is 213 g/mol. The lowest BCUT2D eigenvalue weighted by Crippen LogP contribution is -2.43. The number of hydrogen-bond donors (Lipinski definition) is 2. The maximum absolute atomic E-state index is 11.1. The van der Waals surface area contributed by atoms with Crippen molar-refractivity contribution in [2.24, 2.45) is 5.73 Å². The van der Waals surface area contributed by atoms with Gasteiger partial charge in [-0.3, -0.25) is 4.79 Å². The van der Waals surface area contributed by atoms with Crippen molar-refractivity contribution in [2.75, 3.05) is 6.54 Å². The summed E-state index contributed by atoms with van der Waals surface area (Å²) in [5, 5.41) is 5.68. The van der Waals surface area contributed by atoms with Gasteiger partial charge in [-0.1, -0.05) is 0 Å². The highest BCUT2D eigenvalue weighted by atomic mass is 32.1. The van der Waals surface area contributed by atoms with Crippen molar-refractivity contribution in [3.63, 3.8) is 0 Å². The molecule has 1 heterocycles. The highest BCUT2D eigenvalue weighted by Gasteiger charge is 2.25. The molecule has 0 radical (unpaired) electrons. The molecule has 0 aliphatic heterocycles. The van der Waals surface area contributed by atoms with E-state index in [-0.39, 0.29) is 12.5 Å². The van der Waals surface area contributed by atoms with Crippen molar-refractivity contribution < 1.29 is 4.79 Å². The number of thiazole rings is 1. The Morgan fingerprint density at radius 3 is 2.79 bits per heavy atom. The predicted molar refractivity (Wildman–Crippen MR) is 57.1 cm³/mol. The van der Waals surface area contributed by atoms with Gasteiger partial charge in [0.25, 0.3) is 0 Å². The molecule has 0 atom stereocenters. The Morgan fingerprint density at radius 1 is 1.71 bits per heavy atom. The van der Waals surface area contributed by atoms with Crippen molar-refractivity contribution in [1.82, 2.24) is 10.3 Å². The van der Waals surface area contributed by atoms with Gasteiger partial charge in [-0.2, -0.15) is 0 Å². The molecule has 1 rings (SSSR count). The first-order valence-electron chi connectivity index (χ1n) is 4.39. The summed E-state index contributed by atoms with van der Waals surface area (Å²) in [4.78, 5) is 15.5. The van der Waals surface area contributed by atoms with Crippen molar-refractivity contribution in [3.05, 3.63) is 16.1 Å². The number of rotatable bonds is 3. The molecule has 1 amide bonds. The maximum atomic E-state index is 11.1. The topological polar surface area (TPSA) is 68.0 Å². The van der Waals surface area contributed by atoms with Crippen LogP contribution in [-0.2, 0) is 10.3 Å². The highest BCUT2D eigenvalue weighted by Crippen LogP contribution is 2.23. The molecule has 0 spiro atoms. The molecule has 0 aliphatic carbocycles. The van der Waals surface area contributed by atoms with Gasteiger partial charge in [-0.05, 0) is 20.8 Å². The second-order valence-electron chi connectivity index (χ2n) is 3.67. The minimum absolute atomic E-state index is 0.00773. The summed E-state index contributed by atoms with van der Waals surface area (Å²) in [5.41, 5.74) is 5.77. The van der Waals surface area contributed by atoms with Crippen molar-refractivity contribution in [3.8, 4) is 0 Å². The summed E-state index contributed by atoms with van der Waals surface area (Å²) >= 11 is 1.54. The lowest BCUT2D eigenvalue weighted by atomic mass is 10.1. The van der Waals surface area contributed by atoms with Crippen LogP contribution in [0.25, 0.3) is 0 Å². The van der Waals surface area contributed by atoms with Crippen LogP contribution in [0.5, 0.6) is 0 Å². The van der Waals surface area contributed by atoms with E-state index in [2.05, 4.69) is 10.3 Å². The number of nitrogens with two attached hydrogens (primary N) is 1. The number of hydrogen-bond acceptors (Lipinski definition) is 4. The van der Waals surface area contributed by atoms with E-state index in [9.17, 15) is 4.79 Å². The molecule has 0 aromatic carbocycles. The van der Waals surface area contributed by atoms with Crippen LogP contribution in [0.2, 0.25) is 0 Å². The summed E-state index contributed by atoms with van der Waals surface area (Å²) in [5.74, 6) is -0.164. The van der Waals surface area contributed by atoms with E-state index in [1.165, 1.54) is 0 Å². The third-order valence-electron chi connectivity index (χ3n) is 1.79. The Hall–Kier alpha value is -0.940. The molecule has 0 saturated heterocycles. The largest absolute Gasteiger partial charge is 0.344 e. The van der Waals surface area contributed by atoms with Crippen molar-refractivity contribution >= 4 is 17.2 Å². The van der Waals surface area contributed by atoms with E-state index in [4.69, 9.17) is 5.73 Å². The maximum Gasteiger partial charge on any atom is 0.234 e. The van der Waals surface area contributed by atoms with Crippen LogP contribution in [0.1, 0.15) is 24.5 Å². The van der Waals surface area contributed by atoms with Crippen LogP contribution < -0.4 is 11.1 Å². The van der Waals surface area contributed by atoms with Gasteiger partial charge < -0.3 is 11.1 Å². The minimum Gasteiger partial charge on any atom is -0.344 e. The molecule has 1 aromatic heterocycles. The number of aromatic nitrogens is 1. The number of aryl methyl sites for hydroxylation is 1. The number of nitrogens with one attached hydrogen (secondary N) is 1. The average molecular weight is 213 g/mol. The van der Waals surface area contributed by atoms with E-state index >= 15 is 0 Å². The quantitative estimate of drug-likeness (QED) is 0.779. The van der Waals surface area contributed by atoms with E-state index in [1.807, 2.05) is 26.2 Å². The van der Waals surface area contributed by atoms with Crippen LogP contribution in [-0.4, -0.2) is 17.4 Å². The summed E-state index contributed by atoms with van der Waals surface area (Å²) in [7, 11) is 0. The molecule has 1 aromatic rings. The van der Waals surface area contributed by atoms with E-state index in [0.29, 0.717) is 0 Å². The fourth-order valence-electron chi connectivity index (χ4n) is 1.09. The third-order valence-corrected chi connectivity index (χ3v) is 3.07. The Bertz CT molecular complexity index is 333. The molecule has 0 bridgehead atoms. The van der Waals surface area contributed by atoms with Gasteiger partial charge >= 0.3 is 0 Å². The molecule has 3 N–H and O–H groups in total. The average Bonchev–Trinajstić information content (AvgIpc) is 2.51. The van der Waals surface area contributed by atoms with Gasteiger partial charge in [0.1, 0.15) is 5.01 Å². The molecule has 14 heavy (non-hydrogen) atoms. The first-order valence-corrected chi connectivity index (χ1v) is 5.27. The van der Waals surface area contributed by atoms with Gasteiger partial charge in [0.15, 0.2) is 0 Å². The number of amides is 1. The smallest absolute Gasteiger partial charge is 0.234 e. The molecule has 5 heteroatoms. The first kappa shape index (κ1) is 11.1. The van der Waals surface area contributed by atoms with Crippen molar-refractivity contribution in [1.29, 1.82) is 0 Å². The zero-order valence-corrected chi connectivity index (χ0v) is 9.44. The van der Waals surface area contributed by atoms with Crippen LogP contribution in [0.15, 0.2) is 5.38 Å². The minimum atomic E-state index is -0.435. The molecule has 0 aliphatic rings. The van der Waals surface area contributed by atoms with Gasteiger partial charge in [0.05, 0.1) is 12.1 Å². The third kappa shape index (κ3) is 2.52. The molecule has 0 fully saturated rings. The van der Waals surface area contributed by atoms with E-state index < -0.39 is 5.54 Å². The fraction of sp³-hybridized carbons (Fsp3) is 0.556. The van der Waals surface area contributed by atoms with E-state index in [0.717, 1.165) is 10.7 Å². The van der Waals surface area contributed by atoms with Crippen LogP contribution in [0.4, 0.5) is 0 Å². The zero-order chi connectivity index (χ0) is 10.8. The predicted octanol–water partition coefficient (Wildman–Crippen LogP) is 0.762. The zero-order valence-electron chi connectivity index (χ0n) is 8.63. The molecule has 4 nitrogen and oxygen atoms in total. The SMILES string of the molecule is Cc1csc(C(C)(C)NC(=O)CN)n1. The van der Waals surface area contributed by atoms with Crippen LogP contribution in [0.3, 0.4) is 0 Å². The van der Waals surface area contributed by atoms with Crippen LogP contribution in [0, 0.1) is 6.92 Å². The van der Waals surface area contributed by atoms with Gasteiger partial charge in [-0.15, -0.1) is 11.3 Å². The Labute approximate surface area is 87.5 Å². The summed E-state index contributed by atoms with van der Waals surface area (Å²) in [6.45, 7) is 5.77. The fourth-order valence-corrected chi connectivity index (χ4v) is 1.97. The summed E-state index contributed by atoms with van der Waals surface area (Å²) < 4.78 is 0. The molecule has 78 valence electrons. The molecule has 0 unspecified atom stereocenters. The first-order chi connectivity index (χ1) is 6.45.